The average molecular weight is 976 g/mol. The first kappa shape index (κ1) is 64.9. The minimum absolute atomic E-state index is 0.143. The summed E-state index contributed by atoms with van der Waals surface area (Å²) in [4.78, 5) is 46.2. The highest BCUT2D eigenvalue weighted by atomic mass is 31.2. The number of hydrogen-bond donors (Lipinski definition) is 4. The molecule has 12 heteroatoms. The lowest BCUT2D eigenvalue weighted by Gasteiger charge is -2.18. The van der Waals surface area contributed by atoms with Gasteiger partial charge in [-0.2, -0.15) is 0 Å². The van der Waals surface area contributed by atoms with E-state index in [4.69, 9.17) is 13.8 Å². The summed E-state index contributed by atoms with van der Waals surface area (Å²) in [5.74, 6) is -2.38. The number of phosphoric acid groups is 1. The third-order valence-corrected chi connectivity index (χ3v) is 12.4. The van der Waals surface area contributed by atoms with Crippen LogP contribution in [0.25, 0.3) is 0 Å². The van der Waals surface area contributed by atoms with Gasteiger partial charge in [0.25, 0.3) is 0 Å². The number of aliphatic carboxylic acids is 1. The Morgan fingerprint density at radius 1 is 0.485 bits per heavy atom. The van der Waals surface area contributed by atoms with Crippen LogP contribution < -0.4 is 5.32 Å². The second-order valence-corrected chi connectivity index (χ2v) is 19.5. The number of aliphatic hydroxyl groups is 1. The van der Waals surface area contributed by atoms with E-state index in [2.05, 4.69) is 92.1 Å². The van der Waals surface area contributed by atoms with E-state index in [-0.39, 0.29) is 12.8 Å². The highest BCUT2D eigenvalue weighted by Crippen LogP contribution is 2.43. The molecule has 3 unspecified atom stereocenters. The third-order valence-electron chi connectivity index (χ3n) is 11.5. The van der Waals surface area contributed by atoms with E-state index in [1.165, 1.54) is 109 Å². The molecule has 3 atom stereocenters. The van der Waals surface area contributed by atoms with E-state index in [0.29, 0.717) is 12.8 Å². The van der Waals surface area contributed by atoms with E-state index < -0.39 is 57.6 Å². The molecule has 11 nitrogen and oxygen atoms in total. The molecule has 0 aliphatic carbocycles. The summed E-state index contributed by atoms with van der Waals surface area (Å²) in [6, 6.07) is -1.55. The van der Waals surface area contributed by atoms with Crippen molar-refractivity contribution >= 4 is 25.7 Å². The predicted octanol–water partition coefficient (Wildman–Crippen LogP) is 15.2. The summed E-state index contributed by atoms with van der Waals surface area (Å²) < 4.78 is 27.0. The van der Waals surface area contributed by atoms with E-state index in [1.54, 1.807) is 0 Å². The fourth-order valence-corrected chi connectivity index (χ4v) is 8.11. The Morgan fingerprint density at radius 3 is 1.29 bits per heavy atom. The number of unbranched alkanes of at least 4 members (excludes halogenated alkanes) is 24. The minimum atomic E-state index is -4.77. The zero-order valence-electron chi connectivity index (χ0n) is 42.9. The molecule has 0 spiro atoms. The lowest BCUT2D eigenvalue weighted by Crippen LogP contribution is -2.43. The number of nitrogens with one attached hydrogen (secondary N) is 1. The molecule has 0 aromatic rings. The first-order chi connectivity index (χ1) is 33.1. The smallest absolute Gasteiger partial charge is 0.472 e. The molecule has 0 fully saturated rings. The van der Waals surface area contributed by atoms with Gasteiger partial charge in [-0.1, -0.05) is 209 Å². The second kappa shape index (κ2) is 50.3. The molecular formula is C56H98NO10P. The summed E-state index contributed by atoms with van der Waals surface area (Å²) in [5.41, 5.74) is 0. The van der Waals surface area contributed by atoms with Gasteiger partial charge in [0.1, 0.15) is 12.7 Å². The fraction of sp³-hybridized carbons (Fsp3) is 0.732. The Balaban J connectivity index is 3.83. The molecule has 0 aromatic carbocycles. The van der Waals surface area contributed by atoms with Crippen molar-refractivity contribution in [2.24, 2.45) is 0 Å². The number of phosphoric ester groups is 1. The van der Waals surface area contributed by atoms with Crippen molar-refractivity contribution in [1.82, 2.24) is 5.32 Å². The zero-order chi connectivity index (χ0) is 49.9. The van der Waals surface area contributed by atoms with Crippen LogP contribution >= 0.6 is 7.82 Å². The number of carbonyl (C=O) groups excluding carboxylic acids is 2. The first-order valence-electron chi connectivity index (χ1n) is 27.0. The lowest BCUT2D eigenvalue weighted by atomic mass is 10.0. The van der Waals surface area contributed by atoms with Crippen molar-refractivity contribution in [3.8, 4) is 0 Å². The van der Waals surface area contributed by atoms with Gasteiger partial charge in [0, 0.05) is 12.8 Å². The van der Waals surface area contributed by atoms with Gasteiger partial charge in [0.2, 0.25) is 5.91 Å². The molecule has 68 heavy (non-hydrogen) atoms. The van der Waals surface area contributed by atoms with Crippen molar-refractivity contribution in [3.63, 3.8) is 0 Å². The Morgan fingerprint density at radius 2 is 0.853 bits per heavy atom. The maximum absolute atomic E-state index is 12.4. The van der Waals surface area contributed by atoms with Crippen molar-refractivity contribution in [1.29, 1.82) is 0 Å². The van der Waals surface area contributed by atoms with Crippen LogP contribution in [0, 0.1) is 0 Å². The maximum atomic E-state index is 12.4. The van der Waals surface area contributed by atoms with Crippen LogP contribution in [0.1, 0.15) is 232 Å². The molecule has 0 rings (SSSR count). The standard InChI is InChI=1S/C56H98NO10P/c1-3-5-7-9-11-13-15-17-19-21-23-25-26-28-30-32-34-36-38-40-42-44-46-48-55(60)65-49-52(58)50-66-68(63,64)67-51-53(56(61)62)57-54(59)47-45-43-41-39-37-35-33-31-29-27-24-22-20-18-16-14-12-10-8-6-4-2/h5,7,11,13,17-20,23,25,28,30,52-53,58H,3-4,6,8-10,12,14-16,21-22,24,26-27,29,31-51H2,1-2H3,(H,57,59)(H,61,62)(H,63,64)/b7-5-,13-11-,19-17-,20-18+,25-23-,30-28-. The van der Waals surface area contributed by atoms with E-state index in [0.717, 1.165) is 83.5 Å². The number of rotatable bonds is 50. The molecule has 0 heterocycles. The normalized spacial score (nSPS) is 14.1. The van der Waals surface area contributed by atoms with Gasteiger partial charge in [-0.25, -0.2) is 9.36 Å². The van der Waals surface area contributed by atoms with E-state index >= 15 is 0 Å². The van der Waals surface area contributed by atoms with Gasteiger partial charge in [-0.3, -0.25) is 18.6 Å². The van der Waals surface area contributed by atoms with Crippen molar-refractivity contribution in [2.75, 3.05) is 19.8 Å². The Hall–Kier alpha value is -3.08. The van der Waals surface area contributed by atoms with Crippen LogP contribution in [0.3, 0.4) is 0 Å². The summed E-state index contributed by atoms with van der Waals surface area (Å²) in [6.07, 6.45) is 62.0. The van der Waals surface area contributed by atoms with Crippen LogP contribution in [-0.2, 0) is 32.7 Å². The van der Waals surface area contributed by atoms with Crippen LogP contribution in [0.5, 0.6) is 0 Å². The van der Waals surface area contributed by atoms with Gasteiger partial charge < -0.3 is 25.2 Å². The molecular weight excluding hydrogens is 878 g/mol. The number of carboxylic acids is 1. The van der Waals surface area contributed by atoms with Gasteiger partial charge in [-0.05, 0) is 83.5 Å². The van der Waals surface area contributed by atoms with Crippen LogP contribution in [-0.4, -0.2) is 64.9 Å². The van der Waals surface area contributed by atoms with Crippen molar-refractivity contribution in [3.05, 3.63) is 72.9 Å². The lowest BCUT2D eigenvalue weighted by molar-refractivity contribution is -0.147. The van der Waals surface area contributed by atoms with Gasteiger partial charge >= 0.3 is 19.8 Å². The monoisotopic (exact) mass is 976 g/mol. The number of ether oxygens (including phenoxy) is 1. The third kappa shape index (κ3) is 49.3. The van der Waals surface area contributed by atoms with E-state index in [9.17, 15) is 34.1 Å². The molecule has 0 saturated heterocycles. The minimum Gasteiger partial charge on any atom is -0.480 e. The van der Waals surface area contributed by atoms with Crippen LogP contribution in [0.4, 0.5) is 0 Å². The molecule has 1 amide bonds. The number of allylic oxidation sites excluding steroid dienone is 12. The van der Waals surface area contributed by atoms with E-state index in [1.807, 2.05) is 0 Å². The van der Waals surface area contributed by atoms with Crippen LogP contribution in [0.15, 0.2) is 72.9 Å². The molecule has 4 N–H and O–H groups in total. The van der Waals surface area contributed by atoms with Crippen LogP contribution in [0.2, 0.25) is 0 Å². The topological polar surface area (TPSA) is 169 Å². The number of carbonyl (C=O) groups is 3. The van der Waals surface area contributed by atoms with Gasteiger partial charge in [0.15, 0.2) is 6.04 Å². The zero-order valence-corrected chi connectivity index (χ0v) is 43.8. The largest absolute Gasteiger partial charge is 0.480 e. The Labute approximate surface area is 414 Å². The summed E-state index contributed by atoms with van der Waals surface area (Å²) in [7, 11) is -4.77. The number of carboxylic acid groups (broad SMARTS) is 1. The maximum Gasteiger partial charge on any atom is 0.472 e. The van der Waals surface area contributed by atoms with Gasteiger partial charge in [-0.15, -0.1) is 0 Å². The highest BCUT2D eigenvalue weighted by molar-refractivity contribution is 7.47. The molecule has 0 bridgehead atoms. The number of amides is 1. The number of hydrogen-bond acceptors (Lipinski definition) is 8. The number of esters is 1. The molecule has 0 aromatic heterocycles. The van der Waals surface area contributed by atoms with Crippen molar-refractivity contribution in [2.45, 2.75) is 244 Å². The Kier molecular flexibility index (Phi) is 48.0. The molecule has 392 valence electrons. The highest BCUT2D eigenvalue weighted by Gasteiger charge is 2.28. The Bertz CT molecular complexity index is 1420. The SMILES string of the molecule is CC/C=C\C/C=C\C/C=C\C/C=C\C/C=C\CCCCCCCCCC(=O)OCC(O)COP(=O)(O)OCC(NC(=O)CCCCCCCCCCCCC/C=C/CCCCCCCC)C(=O)O. The summed E-state index contributed by atoms with van der Waals surface area (Å²) >= 11 is 0. The molecule has 0 aliphatic heterocycles. The predicted molar refractivity (Wildman–Crippen MR) is 281 cm³/mol. The summed E-state index contributed by atoms with van der Waals surface area (Å²) in [6.45, 7) is 2.49. The molecule has 0 aliphatic rings. The van der Waals surface area contributed by atoms with Crippen molar-refractivity contribution < 1.29 is 47.8 Å². The second-order valence-electron chi connectivity index (χ2n) is 18.0. The number of aliphatic hydroxyl groups excluding tert-OH is 1. The fourth-order valence-electron chi connectivity index (χ4n) is 7.34. The van der Waals surface area contributed by atoms with Gasteiger partial charge in [0.05, 0.1) is 13.2 Å². The average Bonchev–Trinajstić information content (AvgIpc) is 3.32. The first-order valence-corrected chi connectivity index (χ1v) is 28.5. The summed E-state index contributed by atoms with van der Waals surface area (Å²) in [5, 5.41) is 22.0. The molecule has 0 radical (unpaired) electrons. The quantitative estimate of drug-likeness (QED) is 0.0199. The molecule has 0 saturated carbocycles.